The number of benzene rings is 2. The SMILES string of the molecule is CC(C)Oc1ccccc1N1CCN(C(=O)NCc2ccc(F)cc2)CC1. The molecule has 0 radical (unpaired) electrons. The molecule has 27 heavy (non-hydrogen) atoms. The van der Waals surface area contributed by atoms with E-state index in [0.717, 1.165) is 30.1 Å². The maximum Gasteiger partial charge on any atom is 0.317 e. The summed E-state index contributed by atoms with van der Waals surface area (Å²) in [5.74, 6) is 0.602. The Bertz CT molecular complexity index is 756. The minimum absolute atomic E-state index is 0.0920. The predicted octanol–water partition coefficient (Wildman–Crippen LogP) is 3.64. The van der Waals surface area contributed by atoms with Gasteiger partial charge < -0.3 is 19.9 Å². The van der Waals surface area contributed by atoms with Gasteiger partial charge in [0.05, 0.1) is 11.8 Å². The van der Waals surface area contributed by atoms with Crippen molar-refractivity contribution in [3.8, 4) is 5.75 Å². The first-order valence-electron chi connectivity index (χ1n) is 9.31. The number of amides is 2. The minimum atomic E-state index is -0.275. The molecule has 1 saturated heterocycles. The second-order valence-electron chi connectivity index (χ2n) is 6.89. The van der Waals surface area contributed by atoms with Gasteiger partial charge in [-0.05, 0) is 43.7 Å². The molecule has 3 rings (SSSR count). The number of urea groups is 1. The Morgan fingerprint density at radius 3 is 2.41 bits per heavy atom. The number of carbonyl (C=O) groups excluding carboxylic acids is 1. The fourth-order valence-electron chi connectivity index (χ4n) is 3.11. The van der Waals surface area contributed by atoms with Crippen molar-refractivity contribution in [1.29, 1.82) is 0 Å². The summed E-state index contributed by atoms with van der Waals surface area (Å²) >= 11 is 0. The largest absolute Gasteiger partial charge is 0.489 e. The molecule has 0 bridgehead atoms. The maximum absolute atomic E-state index is 12.9. The molecule has 6 heteroatoms. The number of ether oxygens (including phenoxy) is 1. The fourth-order valence-corrected chi connectivity index (χ4v) is 3.11. The molecule has 1 heterocycles. The standard InChI is InChI=1S/C21H26FN3O2/c1-16(2)27-20-6-4-3-5-19(20)24-11-13-25(14-12-24)21(26)23-15-17-7-9-18(22)10-8-17/h3-10,16H,11-15H2,1-2H3,(H,23,26). The van der Waals surface area contributed by atoms with Crippen LogP contribution < -0.4 is 15.0 Å². The summed E-state index contributed by atoms with van der Waals surface area (Å²) in [4.78, 5) is 16.5. The van der Waals surface area contributed by atoms with Gasteiger partial charge in [0.1, 0.15) is 11.6 Å². The van der Waals surface area contributed by atoms with Gasteiger partial charge in [-0.3, -0.25) is 0 Å². The average Bonchev–Trinajstić information content (AvgIpc) is 2.67. The van der Waals surface area contributed by atoms with Crippen LogP contribution >= 0.6 is 0 Å². The Labute approximate surface area is 159 Å². The Kier molecular flexibility index (Phi) is 6.16. The lowest BCUT2D eigenvalue weighted by molar-refractivity contribution is 0.193. The van der Waals surface area contributed by atoms with Gasteiger partial charge >= 0.3 is 6.03 Å². The lowest BCUT2D eigenvalue weighted by Crippen LogP contribution is -2.51. The molecular weight excluding hydrogens is 345 g/mol. The first-order valence-corrected chi connectivity index (χ1v) is 9.31. The quantitative estimate of drug-likeness (QED) is 0.873. The molecule has 0 aliphatic carbocycles. The smallest absolute Gasteiger partial charge is 0.317 e. The Hall–Kier alpha value is -2.76. The number of hydrogen-bond donors (Lipinski definition) is 1. The zero-order chi connectivity index (χ0) is 19.2. The highest BCUT2D eigenvalue weighted by Gasteiger charge is 2.23. The number of para-hydroxylation sites is 2. The van der Waals surface area contributed by atoms with E-state index in [-0.39, 0.29) is 18.0 Å². The lowest BCUT2D eigenvalue weighted by atomic mass is 10.2. The first-order chi connectivity index (χ1) is 13.0. The number of halogens is 1. The number of piperazine rings is 1. The van der Waals surface area contributed by atoms with Gasteiger partial charge in [0.2, 0.25) is 0 Å². The van der Waals surface area contributed by atoms with Crippen LogP contribution in [0.25, 0.3) is 0 Å². The van der Waals surface area contributed by atoms with Gasteiger partial charge in [-0.25, -0.2) is 9.18 Å². The van der Waals surface area contributed by atoms with Crippen molar-refractivity contribution in [1.82, 2.24) is 10.2 Å². The topological polar surface area (TPSA) is 44.8 Å². The Morgan fingerprint density at radius 1 is 1.07 bits per heavy atom. The number of nitrogens with zero attached hydrogens (tertiary/aromatic N) is 2. The molecule has 0 aromatic heterocycles. The molecule has 2 aromatic rings. The zero-order valence-corrected chi connectivity index (χ0v) is 15.8. The Balaban J connectivity index is 1.53. The van der Waals surface area contributed by atoms with E-state index in [9.17, 15) is 9.18 Å². The summed E-state index contributed by atoms with van der Waals surface area (Å²) < 4.78 is 18.8. The van der Waals surface area contributed by atoms with Crippen molar-refractivity contribution in [3.05, 3.63) is 59.9 Å². The molecular formula is C21H26FN3O2. The third-order valence-corrected chi connectivity index (χ3v) is 4.49. The molecule has 5 nitrogen and oxygen atoms in total. The number of hydrogen-bond acceptors (Lipinski definition) is 3. The van der Waals surface area contributed by atoms with Gasteiger partial charge in [0.25, 0.3) is 0 Å². The third kappa shape index (κ3) is 5.12. The van der Waals surface area contributed by atoms with E-state index in [1.807, 2.05) is 36.9 Å². The zero-order valence-electron chi connectivity index (χ0n) is 15.8. The monoisotopic (exact) mass is 371 g/mol. The highest BCUT2D eigenvalue weighted by atomic mass is 19.1. The van der Waals surface area contributed by atoms with Crippen LogP contribution in [0.5, 0.6) is 5.75 Å². The molecule has 2 amide bonds. The summed E-state index contributed by atoms with van der Waals surface area (Å²) in [6.07, 6.45) is 0.115. The van der Waals surface area contributed by atoms with Crippen LogP contribution in [-0.2, 0) is 6.54 Å². The summed E-state index contributed by atoms with van der Waals surface area (Å²) in [5, 5.41) is 2.90. The minimum Gasteiger partial charge on any atom is -0.489 e. The third-order valence-electron chi connectivity index (χ3n) is 4.49. The van der Waals surface area contributed by atoms with Crippen LogP contribution in [0.4, 0.5) is 14.9 Å². The van der Waals surface area contributed by atoms with Crippen LogP contribution in [0.15, 0.2) is 48.5 Å². The van der Waals surface area contributed by atoms with Gasteiger partial charge in [-0.1, -0.05) is 24.3 Å². The molecule has 0 saturated carbocycles. The van der Waals surface area contributed by atoms with Crippen molar-refractivity contribution in [2.75, 3.05) is 31.1 Å². The van der Waals surface area contributed by atoms with Crippen molar-refractivity contribution in [3.63, 3.8) is 0 Å². The number of rotatable bonds is 5. The highest BCUT2D eigenvalue weighted by molar-refractivity contribution is 5.74. The summed E-state index contributed by atoms with van der Waals surface area (Å²) in [7, 11) is 0. The van der Waals surface area contributed by atoms with Gasteiger partial charge in [-0.2, -0.15) is 0 Å². The van der Waals surface area contributed by atoms with E-state index >= 15 is 0 Å². The first kappa shape index (κ1) is 19.0. The van der Waals surface area contributed by atoms with E-state index in [2.05, 4.69) is 16.3 Å². The molecule has 0 spiro atoms. The summed E-state index contributed by atoms with van der Waals surface area (Å²) in [6.45, 7) is 7.21. The van der Waals surface area contributed by atoms with Crippen LogP contribution in [0.3, 0.4) is 0 Å². The second kappa shape index (κ2) is 8.75. The van der Waals surface area contributed by atoms with Gasteiger partial charge in [0.15, 0.2) is 0 Å². The van der Waals surface area contributed by atoms with Crippen LogP contribution in [0, 0.1) is 5.82 Å². The number of anilines is 1. The molecule has 1 N–H and O–H groups in total. The summed E-state index contributed by atoms with van der Waals surface area (Å²) in [6, 6.07) is 14.1. The Morgan fingerprint density at radius 2 is 1.74 bits per heavy atom. The molecule has 0 unspecified atom stereocenters. The van der Waals surface area contributed by atoms with Crippen molar-refractivity contribution in [2.24, 2.45) is 0 Å². The average molecular weight is 371 g/mol. The van der Waals surface area contributed by atoms with Crippen molar-refractivity contribution in [2.45, 2.75) is 26.5 Å². The molecule has 1 fully saturated rings. The number of carbonyl (C=O) groups is 1. The molecule has 2 aromatic carbocycles. The van der Waals surface area contributed by atoms with Crippen LogP contribution in [0.2, 0.25) is 0 Å². The van der Waals surface area contributed by atoms with E-state index < -0.39 is 0 Å². The molecule has 1 aliphatic heterocycles. The van der Waals surface area contributed by atoms with E-state index in [4.69, 9.17) is 4.74 Å². The number of nitrogens with one attached hydrogen (secondary N) is 1. The molecule has 144 valence electrons. The molecule has 1 aliphatic rings. The van der Waals surface area contributed by atoms with E-state index in [1.54, 1.807) is 12.1 Å². The molecule has 0 atom stereocenters. The lowest BCUT2D eigenvalue weighted by Gasteiger charge is -2.36. The predicted molar refractivity (Wildman–Crippen MR) is 105 cm³/mol. The summed E-state index contributed by atoms with van der Waals surface area (Å²) in [5.41, 5.74) is 1.95. The van der Waals surface area contributed by atoms with Crippen molar-refractivity contribution >= 4 is 11.7 Å². The fraction of sp³-hybridized carbons (Fsp3) is 0.381. The normalized spacial score (nSPS) is 14.4. The van der Waals surface area contributed by atoms with Gasteiger partial charge in [-0.15, -0.1) is 0 Å². The van der Waals surface area contributed by atoms with Crippen LogP contribution in [-0.4, -0.2) is 43.2 Å². The second-order valence-corrected chi connectivity index (χ2v) is 6.89. The van der Waals surface area contributed by atoms with Crippen molar-refractivity contribution < 1.29 is 13.9 Å². The van der Waals surface area contributed by atoms with Gasteiger partial charge in [0, 0.05) is 32.7 Å². The van der Waals surface area contributed by atoms with E-state index in [1.165, 1.54) is 12.1 Å². The maximum atomic E-state index is 12.9. The van der Waals surface area contributed by atoms with E-state index in [0.29, 0.717) is 19.6 Å². The van der Waals surface area contributed by atoms with Crippen LogP contribution in [0.1, 0.15) is 19.4 Å². The highest BCUT2D eigenvalue weighted by Crippen LogP contribution is 2.29.